The second-order valence-electron chi connectivity index (χ2n) is 3.89. The minimum Gasteiger partial charge on any atom is -0.382 e. The molecule has 2 N–H and O–H groups in total. The Morgan fingerprint density at radius 2 is 2.00 bits per heavy atom. The average Bonchev–Trinajstić information content (AvgIpc) is 2.33. The highest BCUT2D eigenvalue weighted by atomic mass is 19.4. The fourth-order valence-electron chi connectivity index (χ4n) is 1.42. The molecule has 1 amide bonds. The molecule has 19 heavy (non-hydrogen) atoms. The maximum absolute atomic E-state index is 13.5. The largest absolute Gasteiger partial charge is 0.405 e. The summed E-state index contributed by atoms with van der Waals surface area (Å²) in [5.74, 6) is -1.64. The summed E-state index contributed by atoms with van der Waals surface area (Å²) in [4.78, 5) is 11.6. The third kappa shape index (κ3) is 4.76. The standard InChI is InChI=1S/C12H14F4N2O/c1-2-6-17-10-8(4-3-5-9(10)13)11(19)18-7-12(14,15)16/h3-5,17H,2,6-7H2,1H3,(H,18,19). The zero-order valence-corrected chi connectivity index (χ0v) is 10.3. The molecule has 7 heteroatoms. The molecule has 1 aromatic carbocycles. The maximum atomic E-state index is 13.5. The molecule has 0 aliphatic rings. The van der Waals surface area contributed by atoms with Crippen molar-refractivity contribution in [1.29, 1.82) is 0 Å². The van der Waals surface area contributed by atoms with Crippen molar-refractivity contribution in [3.8, 4) is 0 Å². The van der Waals surface area contributed by atoms with E-state index in [1.165, 1.54) is 12.1 Å². The Morgan fingerprint density at radius 3 is 2.58 bits per heavy atom. The SMILES string of the molecule is CCCNc1c(F)cccc1C(=O)NCC(F)(F)F. The van der Waals surface area contributed by atoms with Crippen LogP contribution in [-0.4, -0.2) is 25.2 Å². The number of hydrogen-bond acceptors (Lipinski definition) is 2. The molecular weight excluding hydrogens is 264 g/mol. The summed E-state index contributed by atoms with van der Waals surface area (Å²) >= 11 is 0. The van der Waals surface area contributed by atoms with E-state index in [2.05, 4.69) is 5.32 Å². The van der Waals surface area contributed by atoms with Crippen LogP contribution < -0.4 is 10.6 Å². The summed E-state index contributed by atoms with van der Waals surface area (Å²) in [7, 11) is 0. The van der Waals surface area contributed by atoms with Gasteiger partial charge in [0, 0.05) is 6.54 Å². The van der Waals surface area contributed by atoms with Gasteiger partial charge < -0.3 is 10.6 Å². The van der Waals surface area contributed by atoms with Gasteiger partial charge in [-0.15, -0.1) is 0 Å². The summed E-state index contributed by atoms with van der Waals surface area (Å²) in [6.45, 7) is 0.813. The topological polar surface area (TPSA) is 41.1 Å². The van der Waals surface area contributed by atoms with E-state index in [-0.39, 0.29) is 11.3 Å². The summed E-state index contributed by atoms with van der Waals surface area (Å²) in [5.41, 5.74) is -0.221. The van der Waals surface area contributed by atoms with Crippen molar-refractivity contribution in [1.82, 2.24) is 5.32 Å². The van der Waals surface area contributed by atoms with Crippen molar-refractivity contribution in [2.75, 3.05) is 18.4 Å². The van der Waals surface area contributed by atoms with E-state index in [0.29, 0.717) is 13.0 Å². The molecule has 1 rings (SSSR count). The number of anilines is 1. The lowest BCUT2D eigenvalue weighted by Gasteiger charge is -2.13. The summed E-state index contributed by atoms with van der Waals surface area (Å²) < 4.78 is 49.6. The average molecular weight is 278 g/mol. The van der Waals surface area contributed by atoms with Gasteiger partial charge in [0.05, 0.1) is 11.3 Å². The van der Waals surface area contributed by atoms with Gasteiger partial charge in [-0.2, -0.15) is 13.2 Å². The van der Waals surface area contributed by atoms with Crippen LogP contribution in [0.3, 0.4) is 0 Å². The Morgan fingerprint density at radius 1 is 1.32 bits per heavy atom. The highest BCUT2D eigenvalue weighted by Gasteiger charge is 2.28. The molecule has 0 aromatic heterocycles. The molecule has 0 unspecified atom stereocenters. The molecule has 0 saturated heterocycles. The smallest absolute Gasteiger partial charge is 0.382 e. The van der Waals surface area contributed by atoms with Gasteiger partial charge in [-0.05, 0) is 18.6 Å². The van der Waals surface area contributed by atoms with Crippen LogP contribution >= 0.6 is 0 Å². The van der Waals surface area contributed by atoms with E-state index in [0.717, 1.165) is 6.07 Å². The Kier molecular flexibility index (Phi) is 5.14. The molecule has 106 valence electrons. The van der Waals surface area contributed by atoms with E-state index >= 15 is 0 Å². The first-order chi connectivity index (χ1) is 8.85. The number of halogens is 4. The van der Waals surface area contributed by atoms with Crippen molar-refractivity contribution >= 4 is 11.6 Å². The Balaban J connectivity index is 2.86. The van der Waals surface area contributed by atoms with Crippen molar-refractivity contribution in [2.45, 2.75) is 19.5 Å². The first kappa shape index (κ1) is 15.3. The highest BCUT2D eigenvalue weighted by Crippen LogP contribution is 2.20. The van der Waals surface area contributed by atoms with Gasteiger partial charge in [0.1, 0.15) is 12.4 Å². The summed E-state index contributed by atoms with van der Waals surface area (Å²) in [6, 6.07) is 3.68. The van der Waals surface area contributed by atoms with Crippen LogP contribution in [0.25, 0.3) is 0 Å². The van der Waals surface area contributed by atoms with Crippen molar-refractivity contribution in [2.24, 2.45) is 0 Å². The molecule has 0 heterocycles. The van der Waals surface area contributed by atoms with Gasteiger partial charge in [0.2, 0.25) is 0 Å². The summed E-state index contributed by atoms with van der Waals surface area (Å²) in [5, 5.41) is 4.40. The van der Waals surface area contributed by atoms with Gasteiger partial charge in [-0.1, -0.05) is 13.0 Å². The van der Waals surface area contributed by atoms with Crippen LogP contribution in [0.5, 0.6) is 0 Å². The van der Waals surface area contributed by atoms with Crippen LogP contribution in [-0.2, 0) is 0 Å². The van der Waals surface area contributed by atoms with Gasteiger partial charge in [0.25, 0.3) is 5.91 Å². The molecule has 0 radical (unpaired) electrons. The number of hydrogen-bond donors (Lipinski definition) is 2. The molecule has 0 spiro atoms. The lowest BCUT2D eigenvalue weighted by Crippen LogP contribution is -2.34. The maximum Gasteiger partial charge on any atom is 0.405 e. The second-order valence-corrected chi connectivity index (χ2v) is 3.89. The van der Waals surface area contributed by atoms with Crippen molar-refractivity contribution in [3.05, 3.63) is 29.6 Å². The fraction of sp³-hybridized carbons (Fsp3) is 0.417. The zero-order chi connectivity index (χ0) is 14.5. The van der Waals surface area contributed by atoms with Gasteiger partial charge >= 0.3 is 6.18 Å². The lowest BCUT2D eigenvalue weighted by molar-refractivity contribution is -0.123. The monoisotopic (exact) mass is 278 g/mol. The normalized spacial score (nSPS) is 11.2. The highest BCUT2D eigenvalue weighted by molar-refractivity contribution is 5.99. The molecule has 3 nitrogen and oxygen atoms in total. The van der Waals surface area contributed by atoms with Crippen molar-refractivity contribution in [3.63, 3.8) is 0 Å². The van der Waals surface area contributed by atoms with E-state index in [4.69, 9.17) is 0 Å². The Labute approximate surface area is 108 Å². The molecule has 0 bridgehead atoms. The minimum atomic E-state index is -4.50. The number of carbonyl (C=O) groups is 1. The summed E-state index contributed by atoms with van der Waals surface area (Å²) in [6.07, 6.45) is -3.81. The zero-order valence-electron chi connectivity index (χ0n) is 10.3. The van der Waals surface area contributed by atoms with Crippen molar-refractivity contribution < 1.29 is 22.4 Å². The number of alkyl halides is 3. The molecule has 0 aliphatic heterocycles. The number of carbonyl (C=O) groups excluding carboxylic acids is 1. The number of rotatable bonds is 5. The second kappa shape index (κ2) is 6.40. The van der Waals surface area contributed by atoms with Crippen LogP contribution in [0.4, 0.5) is 23.2 Å². The Bertz CT molecular complexity index is 446. The van der Waals surface area contributed by atoms with Gasteiger partial charge in [-0.25, -0.2) is 4.39 Å². The fourth-order valence-corrected chi connectivity index (χ4v) is 1.42. The molecule has 1 aromatic rings. The lowest BCUT2D eigenvalue weighted by atomic mass is 10.1. The molecule has 0 atom stereocenters. The quantitative estimate of drug-likeness (QED) is 0.813. The third-order valence-corrected chi connectivity index (χ3v) is 2.26. The molecule has 0 saturated carbocycles. The molecule has 0 aliphatic carbocycles. The number of nitrogens with one attached hydrogen (secondary N) is 2. The minimum absolute atomic E-state index is 0.0796. The van der Waals surface area contributed by atoms with Crippen LogP contribution in [0.1, 0.15) is 23.7 Å². The Hall–Kier alpha value is -1.79. The number of benzene rings is 1. The van der Waals surface area contributed by atoms with E-state index in [1.807, 2.05) is 6.92 Å². The predicted molar refractivity (Wildman–Crippen MR) is 63.6 cm³/mol. The van der Waals surface area contributed by atoms with Crippen LogP contribution in [0.15, 0.2) is 18.2 Å². The predicted octanol–water partition coefficient (Wildman–Crippen LogP) is 2.94. The number of para-hydroxylation sites is 1. The van der Waals surface area contributed by atoms with E-state index in [9.17, 15) is 22.4 Å². The first-order valence-electron chi connectivity index (χ1n) is 5.72. The number of amides is 1. The van der Waals surface area contributed by atoms with E-state index < -0.39 is 24.4 Å². The molecular formula is C12H14F4N2O. The van der Waals surface area contributed by atoms with E-state index in [1.54, 1.807) is 5.32 Å². The third-order valence-electron chi connectivity index (χ3n) is 2.26. The van der Waals surface area contributed by atoms with Gasteiger partial charge in [0.15, 0.2) is 0 Å². The van der Waals surface area contributed by atoms with Crippen LogP contribution in [0, 0.1) is 5.82 Å². The first-order valence-corrected chi connectivity index (χ1v) is 5.72. The van der Waals surface area contributed by atoms with Gasteiger partial charge in [-0.3, -0.25) is 4.79 Å². The molecule has 0 fully saturated rings. The van der Waals surface area contributed by atoms with Crippen LogP contribution in [0.2, 0.25) is 0 Å².